The Labute approximate surface area is 224 Å². The van der Waals surface area contributed by atoms with Gasteiger partial charge in [0.05, 0.1) is 12.4 Å². The standard InChI is InChI=1S/C23H30N5O8PS/c1-13(2)21(30)26-23-25-20-19(22(31)27-23)24-12-28(20)18-9-15(29)17(36-18)11-35-37(32,38)34-10-16(33-3)14-7-5-4-6-8-14/h4-8,12-13,15-18,29H,9-11H2,1-3H3,(H,32,38)(H2,25,26,27,30,31)/p-1/t15-,16-,17+,18+,37?/m0/s1. The van der Waals surface area contributed by atoms with Crippen LogP contribution in [0.1, 0.15) is 38.2 Å². The third kappa shape index (κ3) is 6.77. The molecule has 3 aromatic rings. The number of methoxy groups -OCH3 is 1. The Hall–Kier alpha value is -2.42. The maximum atomic E-state index is 12.4. The quantitative estimate of drug-likeness (QED) is 0.132. The van der Waals surface area contributed by atoms with Crippen LogP contribution in [0, 0.1) is 5.92 Å². The second kappa shape index (κ2) is 12.2. The van der Waals surface area contributed by atoms with E-state index in [4.69, 9.17) is 30.8 Å². The minimum Gasteiger partial charge on any atom is -0.861 e. The number of hydrogen-bond acceptors (Lipinski definition) is 12. The number of aliphatic hydroxyl groups is 1. The second-order valence-electron chi connectivity index (χ2n) is 8.95. The monoisotopic (exact) mass is 566 g/mol. The van der Waals surface area contributed by atoms with E-state index in [1.165, 1.54) is 18.0 Å². The lowest BCUT2D eigenvalue weighted by Gasteiger charge is -2.25. The average Bonchev–Trinajstić information content (AvgIpc) is 3.47. The van der Waals surface area contributed by atoms with Crippen LogP contribution in [-0.4, -0.2) is 67.9 Å². The van der Waals surface area contributed by atoms with Gasteiger partial charge in [-0.3, -0.25) is 14.3 Å². The number of rotatable bonds is 11. The molecule has 5 atom stereocenters. The van der Waals surface area contributed by atoms with E-state index in [9.17, 15) is 19.9 Å². The lowest BCUT2D eigenvalue weighted by Crippen LogP contribution is -2.26. The van der Waals surface area contributed by atoms with Crippen molar-refractivity contribution in [3.8, 4) is 0 Å². The highest BCUT2D eigenvalue weighted by Gasteiger charge is 2.39. The summed E-state index contributed by atoms with van der Waals surface area (Å²) < 4.78 is 23.7. The van der Waals surface area contributed by atoms with Crippen molar-refractivity contribution in [3.63, 3.8) is 0 Å². The smallest absolute Gasteiger partial charge is 0.286 e. The van der Waals surface area contributed by atoms with Crippen LogP contribution in [0.2, 0.25) is 0 Å². The molecule has 15 heteroatoms. The minimum absolute atomic E-state index is 0.0288. The summed E-state index contributed by atoms with van der Waals surface area (Å²) in [5.74, 6) is -0.959. The molecule has 1 saturated heterocycles. The zero-order valence-electron chi connectivity index (χ0n) is 21.0. The molecule has 0 saturated carbocycles. The first-order valence-corrected chi connectivity index (χ1v) is 14.4. The number of H-pyrrole nitrogens is 1. The fourth-order valence-corrected chi connectivity index (χ4v) is 4.88. The van der Waals surface area contributed by atoms with Crippen molar-refractivity contribution in [1.82, 2.24) is 19.5 Å². The summed E-state index contributed by atoms with van der Waals surface area (Å²) in [6, 6.07) is 9.32. The van der Waals surface area contributed by atoms with Gasteiger partial charge < -0.3 is 31.9 Å². The van der Waals surface area contributed by atoms with Crippen LogP contribution in [0.15, 0.2) is 46.4 Å². The highest BCUT2D eigenvalue weighted by atomic mass is 32.7. The summed E-state index contributed by atoms with van der Waals surface area (Å²) in [5, 5.41) is 22.6. The first kappa shape index (κ1) is 28.6. The van der Waals surface area contributed by atoms with Crippen molar-refractivity contribution < 1.29 is 33.6 Å². The predicted molar refractivity (Wildman–Crippen MR) is 139 cm³/mol. The Balaban J connectivity index is 1.41. The molecule has 0 amide bonds. The van der Waals surface area contributed by atoms with Crippen molar-refractivity contribution in [2.45, 2.75) is 44.8 Å². The van der Waals surface area contributed by atoms with Gasteiger partial charge in [0.15, 0.2) is 11.2 Å². The van der Waals surface area contributed by atoms with Gasteiger partial charge in [-0.05, 0) is 17.4 Å². The Bertz CT molecular complexity index is 1320. The lowest BCUT2D eigenvalue weighted by molar-refractivity contribution is -0.222. The number of nitrogens with zero attached hydrogens (tertiary/aromatic N) is 4. The van der Waals surface area contributed by atoms with Gasteiger partial charge in [0, 0.05) is 13.5 Å². The van der Waals surface area contributed by atoms with Crippen LogP contribution in [0.4, 0.5) is 5.95 Å². The molecule has 206 valence electrons. The summed E-state index contributed by atoms with van der Waals surface area (Å²) in [6.45, 7) is 3.09. The highest BCUT2D eigenvalue weighted by molar-refractivity contribution is 8.35. The highest BCUT2D eigenvalue weighted by Crippen LogP contribution is 2.55. The molecule has 2 aromatic heterocycles. The molecule has 0 spiro atoms. The molecule has 1 aromatic carbocycles. The van der Waals surface area contributed by atoms with Crippen LogP contribution < -0.4 is 10.7 Å². The van der Waals surface area contributed by atoms with E-state index in [0.717, 1.165) is 5.56 Å². The number of aliphatic hydroxyl groups excluding tert-OH is 1. The van der Waals surface area contributed by atoms with Gasteiger partial charge >= 0.3 is 0 Å². The number of fused-ring (bicyclic) bond motifs is 1. The van der Waals surface area contributed by atoms with Gasteiger partial charge in [-0.25, -0.2) is 14.9 Å². The summed E-state index contributed by atoms with van der Waals surface area (Å²) in [6.07, 6.45) is -1.55. The Kier molecular flexibility index (Phi) is 9.16. The number of benzene rings is 1. The zero-order valence-corrected chi connectivity index (χ0v) is 22.7. The van der Waals surface area contributed by atoms with Crippen molar-refractivity contribution >= 4 is 42.4 Å². The molecule has 3 heterocycles. The molecule has 1 aliphatic heterocycles. The predicted octanol–water partition coefficient (Wildman–Crippen LogP) is 1.45. The van der Waals surface area contributed by atoms with Gasteiger partial charge in [0.2, 0.25) is 5.95 Å². The molecule has 4 rings (SSSR count). The molecule has 3 N–H and O–H groups in total. The second-order valence-corrected chi connectivity index (χ2v) is 11.8. The van der Waals surface area contributed by atoms with Crippen LogP contribution in [0.25, 0.3) is 11.2 Å². The van der Waals surface area contributed by atoms with E-state index in [1.54, 1.807) is 13.8 Å². The minimum atomic E-state index is -3.67. The number of aromatic nitrogens is 4. The Morgan fingerprint density at radius 1 is 1.37 bits per heavy atom. The third-order valence-electron chi connectivity index (χ3n) is 5.89. The van der Waals surface area contributed by atoms with E-state index < -0.39 is 43.1 Å². The zero-order chi connectivity index (χ0) is 27.4. The van der Waals surface area contributed by atoms with Gasteiger partial charge in [0.25, 0.3) is 12.7 Å². The van der Waals surface area contributed by atoms with E-state index in [1.807, 2.05) is 30.3 Å². The SMILES string of the molecule is CO[C@@H](CO[P+](O)([S-])OC[C@H]1O[C@@H](n2cnc3c(=O)[nH]c(N=C([O-])C(C)C)nc32)C[C@@H]1O)c1ccccc1. The molecule has 0 bridgehead atoms. The first-order valence-electron chi connectivity index (χ1n) is 11.8. The van der Waals surface area contributed by atoms with E-state index >= 15 is 0 Å². The van der Waals surface area contributed by atoms with Crippen molar-refractivity contribution in [2.75, 3.05) is 20.3 Å². The number of aromatic amines is 1. The summed E-state index contributed by atoms with van der Waals surface area (Å²) in [4.78, 5) is 37.5. The fourth-order valence-electron chi connectivity index (χ4n) is 3.78. The average molecular weight is 567 g/mol. The van der Waals surface area contributed by atoms with Crippen LogP contribution >= 0.6 is 7.15 Å². The van der Waals surface area contributed by atoms with Gasteiger partial charge in [0.1, 0.15) is 31.6 Å². The van der Waals surface area contributed by atoms with Crippen LogP contribution in [0.5, 0.6) is 0 Å². The van der Waals surface area contributed by atoms with Gasteiger partial charge in [-0.1, -0.05) is 44.2 Å². The van der Waals surface area contributed by atoms with E-state index in [2.05, 4.69) is 19.9 Å². The third-order valence-corrected chi connectivity index (χ3v) is 7.47. The van der Waals surface area contributed by atoms with Crippen molar-refractivity contribution in [2.24, 2.45) is 10.9 Å². The topological polar surface area (TPSA) is 176 Å². The molecule has 0 radical (unpaired) electrons. The first-order chi connectivity index (χ1) is 18.1. The number of hydrogen-bond donors (Lipinski definition) is 3. The van der Waals surface area contributed by atoms with Gasteiger partial charge in [-0.2, -0.15) is 14.0 Å². The fraction of sp³-hybridized carbons (Fsp3) is 0.478. The summed E-state index contributed by atoms with van der Waals surface area (Å²) in [7, 11) is -2.15. The van der Waals surface area contributed by atoms with Gasteiger partial charge in [-0.15, -0.1) is 0 Å². The largest absolute Gasteiger partial charge is 0.861 e. The number of nitrogens with one attached hydrogen (secondary N) is 1. The molecule has 1 aliphatic rings. The molecule has 13 nitrogen and oxygen atoms in total. The van der Waals surface area contributed by atoms with Crippen LogP contribution in [0.3, 0.4) is 0 Å². The van der Waals surface area contributed by atoms with Crippen LogP contribution in [-0.2, 0) is 30.8 Å². The number of aliphatic imine (C=N–C) groups is 1. The molecule has 38 heavy (non-hydrogen) atoms. The number of ether oxygens (including phenoxy) is 2. The Morgan fingerprint density at radius 2 is 2.11 bits per heavy atom. The molecular weight excluding hydrogens is 537 g/mol. The summed E-state index contributed by atoms with van der Waals surface area (Å²) >= 11 is 5.11. The maximum Gasteiger partial charge on any atom is 0.286 e. The normalized spacial score (nSPS) is 22.7. The Morgan fingerprint density at radius 3 is 2.79 bits per heavy atom. The van der Waals surface area contributed by atoms with Crippen molar-refractivity contribution in [3.05, 3.63) is 52.6 Å². The molecule has 1 unspecified atom stereocenters. The molecule has 0 aliphatic carbocycles. The lowest BCUT2D eigenvalue weighted by atomic mass is 10.1. The summed E-state index contributed by atoms with van der Waals surface area (Å²) in [5.41, 5.74) is 0.464. The molecular formula is C23H29N5O8PS-. The van der Waals surface area contributed by atoms with Crippen molar-refractivity contribution in [1.29, 1.82) is 0 Å². The molecule has 1 fully saturated rings. The maximum absolute atomic E-state index is 12.4. The van der Waals surface area contributed by atoms with E-state index in [-0.39, 0.29) is 42.7 Å². The van der Waals surface area contributed by atoms with E-state index in [0.29, 0.717) is 0 Å². The number of imidazole rings is 1.